The normalized spacial score (nSPS) is 31.4. The van der Waals surface area contributed by atoms with Gasteiger partial charge in [0.25, 0.3) is 0 Å². The van der Waals surface area contributed by atoms with Crippen LogP contribution >= 0.6 is 11.6 Å². The van der Waals surface area contributed by atoms with E-state index in [-0.39, 0.29) is 16.6 Å². The molecule has 1 amide bonds. The van der Waals surface area contributed by atoms with Crippen LogP contribution in [0, 0.1) is 16.7 Å². The summed E-state index contributed by atoms with van der Waals surface area (Å²) in [6.45, 7) is 9.49. The highest BCUT2D eigenvalue weighted by Gasteiger charge is 2.51. The maximum Gasteiger partial charge on any atom is 0.227 e. The van der Waals surface area contributed by atoms with E-state index >= 15 is 0 Å². The third kappa shape index (κ3) is 3.37. The average molecular weight is 417 g/mol. The van der Waals surface area contributed by atoms with Crippen LogP contribution in [-0.4, -0.2) is 56.4 Å². The van der Waals surface area contributed by atoms with Crippen LogP contribution in [0.5, 0.6) is 0 Å². The molecule has 2 saturated heterocycles. The molecule has 5 rings (SSSR count). The molecule has 0 aromatic carbocycles. The van der Waals surface area contributed by atoms with E-state index in [4.69, 9.17) is 11.6 Å². The van der Waals surface area contributed by atoms with Gasteiger partial charge in [0.2, 0.25) is 11.2 Å². The maximum atomic E-state index is 13.6. The van der Waals surface area contributed by atoms with Crippen molar-refractivity contribution >= 4 is 34.5 Å². The van der Waals surface area contributed by atoms with Gasteiger partial charge in [-0.3, -0.25) is 4.79 Å². The zero-order chi connectivity index (χ0) is 20.4. The van der Waals surface area contributed by atoms with E-state index in [0.717, 1.165) is 50.1 Å². The van der Waals surface area contributed by atoms with Crippen molar-refractivity contribution < 1.29 is 4.79 Å². The Bertz CT molecular complexity index is 958. The Labute approximate surface area is 176 Å². The third-order valence-electron chi connectivity index (χ3n) is 7.01. The number of imidazole rings is 1. The van der Waals surface area contributed by atoms with E-state index in [1.165, 1.54) is 6.42 Å². The predicted molar refractivity (Wildman–Crippen MR) is 113 cm³/mol. The molecule has 3 aliphatic rings. The van der Waals surface area contributed by atoms with Crippen molar-refractivity contribution in [2.24, 2.45) is 16.7 Å². The van der Waals surface area contributed by atoms with Gasteiger partial charge in [-0.1, -0.05) is 20.8 Å². The molecule has 156 valence electrons. The van der Waals surface area contributed by atoms with Crippen molar-refractivity contribution in [1.82, 2.24) is 24.8 Å². The lowest BCUT2D eigenvalue weighted by Crippen LogP contribution is -2.47. The topological polar surface area (TPSA) is 78.0 Å². The average Bonchev–Trinajstić information content (AvgIpc) is 3.21. The maximum absolute atomic E-state index is 13.6. The summed E-state index contributed by atoms with van der Waals surface area (Å²) >= 11 is 6.13. The Kier molecular flexibility index (Phi) is 4.32. The molecule has 2 bridgehead atoms. The number of halogens is 1. The number of hydrogen-bond acceptors (Lipinski definition) is 5. The van der Waals surface area contributed by atoms with E-state index in [2.05, 4.69) is 50.5 Å². The molecule has 4 heterocycles. The second-order valence-corrected chi connectivity index (χ2v) is 10.7. The number of anilines is 1. The van der Waals surface area contributed by atoms with E-state index in [9.17, 15) is 4.79 Å². The molecular formula is C21H29ClN6O. The fourth-order valence-corrected chi connectivity index (χ4v) is 6.50. The molecule has 2 aromatic heterocycles. The number of fused-ring (bicyclic) bond motifs is 3. The van der Waals surface area contributed by atoms with Crippen LogP contribution in [0.25, 0.3) is 11.2 Å². The first kappa shape index (κ1) is 19.1. The Hall–Kier alpha value is -1.89. The Morgan fingerprint density at radius 1 is 1.28 bits per heavy atom. The van der Waals surface area contributed by atoms with Crippen LogP contribution in [0.3, 0.4) is 0 Å². The van der Waals surface area contributed by atoms with E-state index in [0.29, 0.717) is 29.6 Å². The monoisotopic (exact) mass is 416 g/mol. The minimum absolute atomic E-state index is 0.00141. The number of likely N-dealkylation sites (tertiary alicyclic amines) is 1. The standard InChI is InChI=1S/C21H29ClN6O/c1-20(2)7-14-8-21(3,10-20)11-28(14)18(29)13-5-4-6-27(9-13)17-15-16(24-12-23-15)25-19(22)26-17/h12-14H,4-11H2,1-3H3,(H,23,24,25,26). The van der Waals surface area contributed by atoms with Crippen LogP contribution in [0.15, 0.2) is 6.33 Å². The summed E-state index contributed by atoms with van der Waals surface area (Å²) in [6, 6.07) is 0.388. The molecule has 1 N–H and O–H groups in total. The second-order valence-electron chi connectivity index (χ2n) is 10.4. The smallest absolute Gasteiger partial charge is 0.227 e. The van der Waals surface area contributed by atoms with Crippen molar-refractivity contribution in [1.29, 1.82) is 0 Å². The summed E-state index contributed by atoms with van der Waals surface area (Å²) < 4.78 is 0. The number of carbonyl (C=O) groups excluding carboxylic acids is 1. The summed E-state index contributed by atoms with van der Waals surface area (Å²) in [5, 5.41) is 0.191. The van der Waals surface area contributed by atoms with Crippen LogP contribution in [-0.2, 0) is 4.79 Å². The van der Waals surface area contributed by atoms with Gasteiger partial charge in [-0.2, -0.15) is 9.97 Å². The third-order valence-corrected chi connectivity index (χ3v) is 7.18. The minimum atomic E-state index is 0.00141. The van der Waals surface area contributed by atoms with Crippen molar-refractivity contribution in [2.45, 2.75) is 58.9 Å². The Morgan fingerprint density at radius 3 is 2.93 bits per heavy atom. The predicted octanol–water partition coefficient (Wildman–Crippen LogP) is 3.65. The van der Waals surface area contributed by atoms with Gasteiger partial charge in [-0.05, 0) is 54.5 Å². The SMILES string of the molecule is CC1(C)CC2CC(C)(CN2C(=O)C2CCCN(c3nc(Cl)nc4nc[nH]c34)C2)C1. The molecule has 1 saturated carbocycles. The quantitative estimate of drug-likeness (QED) is 0.756. The van der Waals surface area contributed by atoms with Gasteiger partial charge < -0.3 is 14.8 Å². The van der Waals surface area contributed by atoms with Crippen LogP contribution < -0.4 is 4.90 Å². The second kappa shape index (κ2) is 6.56. The first-order chi connectivity index (χ1) is 13.7. The van der Waals surface area contributed by atoms with Gasteiger partial charge in [-0.25, -0.2) is 4.98 Å². The number of hydrogen-bond donors (Lipinski definition) is 1. The van der Waals surface area contributed by atoms with Crippen LogP contribution in [0.2, 0.25) is 5.28 Å². The first-order valence-electron chi connectivity index (χ1n) is 10.7. The molecule has 3 atom stereocenters. The molecule has 2 aromatic rings. The first-order valence-corrected chi connectivity index (χ1v) is 11.0. The lowest BCUT2D eigenvalue weighted by molar-refractivity contribution is -0.137. The molecule has 7 nitrogen and oxygen atoms in total. The molecule has 0 spiro atoms. The van der Waals surface area contributed by atoms with Crippen molar-refractivity contribution in [3.63, 3.8) is 0 Å². The highest BCUT2D eigenvalue weighted by Crippen LogP contribution is 2.52. The number of rotatable bonds is 2. The zero-order valence-corrected chi connectivity index (χ0v) is 18.2. The number of H-pyrrole nitrogens is 1. The minimum Gasteiger partial charge on any atom is -0.354 e. The summed E-state index contributed by atoms with van der Waals surface area (Å²) in [5.74, 6) is 1.08. The van der Waals surface area contributed by atoms with Gasteiger partial charge in [-0.15, -0.1) is 0 Å². The fourth-order valence-electron chi connectivity index (χ4n) is 6.34. The number of aromatic amines is 1. The lowest BCUT2D eigenvalue weighted by atomic mass is 9.65. The molecule has 0 radical (unpaired) electrons. The van der Waals surface area contributed by atoms with Crippen molar-refractivity contribution in [2.75, 3.05) is 24.5 Å². The van der Waals surface area contributed by atoms with Gasteiger partial charge >= 0.3 is 0 Å². The number of carbonyl (C=O) groups is 1. The number of nitrogens with zero attached hydrogens (tertiary/aromatic N) is 5. The fraction of sp³-hybridized carbons (Fsp3) is 0.714. The molecule has 3 fully saturated rings. The van der Waals surface area contributed by atoms with Gasteiger partial charge in [0.15, 0.2) is 11.5 Å². The molecule has 2 aliphatic heterocycles. The number of piperidine rings is 1. The number of nitrogens with one attached hydrogen (secondary N) is 1. The highest BCUT2D eigenvalue weighted by molar-refractivity contribution is 6.28. The lowest BCUT2D eigenvalue weighted by Gasteiger charge is -2.40. The molecule has 29 heavy (non-hydrogen) atoms. The van der Waals surface area contributed by atoms with E-state index in [1.54, 1.807) is 6.33 Å². The molecule has 8 heteroatoms. The summed E-state index contributed by atoms with van der Waals surface area (Å²) in [4.78, 5) is 33.9. The molecule has 1 aliphatic carbocycles. The number of amides is 1. The highest BCUT2D eigenvalue weighted by atomic mass is 35.5. The van der Waals surface area contributed by atoms with E-state index in [1.807, 2.05) is 0 Å². The largest absolute Gasteiger partial charge is 0.354 e. The van der Waals surface area contributed by atoms with Gasteiger partial charge in [0.1, 0.15) is 5.52 Å². The summed E-state index contributed by atoms with van der Waals surface area (Å²) in [6.07, 6.45) is 6.97. The summed E-state index contributed by atoms with van der Waals surface area (Å²) in [5.41, 5.74) is 1.93. The molecular weight excluding hydrogens is 388 g/mol. The zero-order valence-electron chi connectivity index (χ0n) is 17.4. The number of aromatic nitrogens is 4. The van der Waals surface area contributed by atoms with Crippen molar-refractivity contribution in [3.05, 3.63) is 11.6 Å². The Balaban J connectivity index is 1.37. The van der Waals surface area contributed by atoms with E-state index < -0.39 is 0 Å². The Morgan fingerprint density at radius 2 is 2.10 bits per heavy atom. The van der Waals surface area contributed by atoms with Gasteiger partial charge in [0, 0.05) is 25.7 Å². The van der Waals surface area contributed by atoms with Crippen LogP contribution in [0.4, 0.5) is 5.82 Å². The molecule has 3 unspecified atom stereocenters. The summed E-state index contributed by atoms with van der Waals surface area (Å²) in [7, 11) is 0. The van der Waals surface area contributed by atoms with Crippen LogP contribution in [0.1, 0.15) is 52.9 Å². The van der Waals surface area contributed by atoms with Crippen molar-refractivity contribution in [3.8, 4) is 0 Å². The van der Waals surface area contributed by atoms with Gasteiger partial charge in [0.05, 0.1) is 12.2 Å².